The number of hydroxylamine groups is 2. The van der Waals surface area contributed by atoms with E-state index in [2.05, 4.69) is 81.3 Å². The zero-order chi connectivity index (χ0) is 40.5. The summed E-state index contributed by atoms with van der Waals surface area (Å²) in [5.41, 5.74) is 7.08. The summed E-state index contributed by atoms with van der Waals surface area (Å²) >= 11 is 0. The standard InChI is InChI=1S/C47H66N4O5/c1-11-42-43(31(4)52)44(45(53)48-41-26-36-25-40(30(41)3)47(36,5)6)51(56-42)27-34-18-15-19-39(29(34)2)33-20-21-37(50(9)10)24-35(23-33)46(54)55-38(28-49(7)8)22-32-16-13-12-14-17-32/h12-21,24,30-31,36,38,40-44,52H,11,22-23,25-28H2,1-10H3,(H,48,53)/t30-,31-,36+,38?,40-,41-,42?,43-,44-/m0/s1. The minimum absolute atomic E-state index is 0.0578. The Balaban J connectivity index is 1.23. The first-order chi connectivity index (χ1) is 26.6. The summed E-state index contributed by atoms with van der Waals surface area (Å²) in [7, 11) is 7.94. The minimum Gasteiger partial charge on any atom is -0.457 e. The second kappa shape index (κ2) is 17.4. The second-order valence-corrected chi connectivity index (χ2v) is 18.1. The van der Waals surface area contributed by atoms with E-state index in [1.807, 2.05) is 68.5 Å². The molecule has 56 heavy (non-hydrogen) atoms. The number of carbonyl (C=O) groups is 2. The molecule has 2 bridgehead atoms. The summed E-state index contributed by atoms with van der Waals surface area (Å²) in [5.74, 6) is 0.900. The largest absolute Gasteiger partial charge is 0.457 e. The van der Waals surface area contributed by atoms with Crippen LogP contribution in [0.3, 0.4) is 0 Å². The number of ether oxygens (including phenoxy) is 1. The molecule has 1 heterocycles. The lowest BCUT2D eigenvalue weighted by atomic mass is 9.45. The number of benzene rings is 2. The number of rotatable bonds is 14. The van der Waals surface area contributed by atoms with Crippen molar-refractivity contribution < 1.29 is 24.3 Å². The highest BCUT2D eigenvalue weighted by atomic mass is 16.7. The maximum Gasteiger partial charge on any atom is 0.334 e. The van der Waals surface area contributed by atoms with E-state index in [-0.39, 0.29) is 36.0 Å². The Kier molecular flexibility index (Phi) is 13.0. The van der Waals surface area contributed by atoms with Crippen LogP contribution in [-0.4, -0.2) is 97.0 Å². The fourth-order valence-electron chi connectivity index (χ4n) is 10.0. The van der Waals surface area contributed by atoms with Gasteiger partial charge >= 0.3 is 5.97 Å². The molecule has 2 unspecified atom stereocenters. The molecule has 2 N–H and O–H groups in total. The normalized spacial score (nSPS) is 28.3. The fraction of sp³-hybridized carbons (Fsp3) is 0.574. The molecule has 1 saturated heterocycles. The first-order valence-electron chi connectivity index (χ1n) is 20.8. The summed E-state index contributed by atoms with van der Waals surface area (Å²) in [6, 6.07) is 15.9. The van der Waals surface area contributed by atoms with Gasteiger partial charge in [-0.1, -0.05) is 82.3 Å². The van der Waals surface area contributed by atoms with Gasteiger partial charge in [-0.25, -0.2) is 4.79 Å². The number of esters is 1. The molecule has 0 spiro atoms. The van der Waals surface area contributed by atoms with Crippen LogP contribution in [0.4, 0.5) is 0 Å². The number of allylic oxidation sites excluding steroid dienone is 4. The van der Waals surface area contributed by atoms with Crippen LogP contribution in [0.15, 0.2) is 78.0 Å². The Bertz CT molecular complexity index is 1810. The summed E-state index contributed by atoms with van der Waals surface area (Å²) in [5, 5.41) is 16.4. The van der Waals surface area contributed by atoms with Crippen LogP contribution in [-0.2, 0) is 32.1 Å². The van der Waals surface area contributed by atoms with Crippen LogP contribution in [0, 0.1) is 36.0 Å². The average Bonchev–Trinajstić information content (AvgIpc) is 3.36. The third-order valence-corrected chi connectivity index (χ3v) is 13.5. The van der Waals surface area contributed by atoms with Gasteiger partial charge in [0.2, 0.25) is 5.91 Å². The molecule has 1 amide bonds. The van der Waals surface area contributed by atoms with Gasteiger partial charge < -0.3 is 25.0 Å². The molecule has 1 aliphatic heterocycles. The topological polar surface area (TPSA) is 94.6 Å². The highest BCUT2D eigenvalue weighted by Crippen LogP contribution is 2.61. The van der Waals surface area contributed by atoms with Gasteiger partial charge in [0.15, 0.2) is 0 Å². The van der Waals surface area contributed by atoms with Crippen molar-refractivity contribution in [1.29, 1.82) is 0 Å². The molecule has 9 nitrogen and oxygen atoms in total. The van der Waals surface area contributed by atoms with E-state index in [0.717, 1.165) is 39.9 Å². The molecule has 4 fully saturated rings. The Morgan fingerprint density at radius 3 is 2.41 bits per heavy atom. The van der Waals surface area contributed by atoms with Crippen molar-refractivity contribution in [3.63, 3.8) is 0 Å². The third-order valence-electron chi connectivity index (χ3n) is 13.5. The van der Waals surface area contributed by atoms with Crippen LogP contribution in [0.25, 0.3) is 5.57 Å². The van der Waals surface area contributed by atoms with Crippen LogP contribution in [0.2, 0.25) is 0 Å². The number of likely N-dealkylation sites (N-methyl/N-ethyl adjacent to an activating group) is 2. The molecule has 7 rings (SSSR count). The molecule has 5 aliphatic rings. The van der Waals surface area contributed by atoms with Crippen LogP contribution >= 0.6 is 0 Å². The predicted molar refractivity (Wildman–Crippen MR) is 223 cm³/mol. The number of nitrogens with one attached hydrogen (secondary N) is 1. The lowest BCUT2D eigenvalue weighted by Crippen LogP contribution is -2.62. The molecule has 3 saturated carbocycles. The first kappa shape index (κ1) is 41.9. The van der Waals surface area contributed by atoms with Gasteiger partial charge in [-0.3, -0.25) is 9.63 Å². The van der Waals surface area contributed by atoms with Gasteiger partial charge in [0.05, 0.1) is 18.8 Å². The van der Waals surface area contributed by atoms with Gasteiger partial charge in [0, 0.05) is 56.7 Å². The first-order valence-corrected chi connectivity index (χ1v) is 20.8. The number of fused-ring (bicyclic) bond motifs is 2. The molecule has 9 atom stereocenters. The van der Waals surface area contributed by atoms with Crippen LogP contribution in [0.5, 0.6) is 0 Å². The molecular weight excluding hydrogens is 701 g/mol. The number of carbonyl (C=O) groups excluding carboxylic acids is 2. The lowest BCUT2D eigenvalue weighted by Gasteiger charge is -2.62. The molecule has 0 radical (unpaired) electrons. The predicted octanol–water partition coefficient (Wildman–Crippen LogP) is 6.95. The van der Waals surface area contributed by atoms with Gasteiger partial charge in [-0.05, 0) is 110 Å². The number of aliphatic hydroxyl groups excluding tert-OH is 1. The third kappa shape index (κ3) is 8.86. The maximum absolute atomic E-state index is 14.4. The molecule has 4 aliphatic carbocycles. The van der Waals surface area contributed by atoms with Crippen molar-refractivity contribution in [2.75, 3.05) is 34.7 Å². The minimum atomic E-state index is -0.715. The van der Waals surface area contributed by atoms with Crippen molar-refractivity contribution >= 4 is 17.4 Å². The summed E-state index contributed by atoms with van der Waals surface area (Å²) < 4.78 is 6.28. The van der Waals surface area contributed by atoms with Gasteiger partial charge in [-0.2, -0.15) is 5.06 Å². The van der Waals surface area contributed by atoms with Crippen molar-refractivity contribution in [1.82, 2.24) is 20.2 Å². The maximum atomic E-state index is 14.4. The second-order valence-electron chi connectivity index (χ2n) is 18.1. The summed E-state index contributed by atoms with van der Waals surface area (Å²) in [4.78, 5) is 39.0. The van der Waals surface area contributed by atoms with Crippen molar-refractivity contribution in [2.24, 2.45) is 29.1 Å². The Morgan fingerprint density at radius 1 is 1.05 bits per heavy atom. The van der Waals surface area contributed by atoms with E-state index in [9.17, 15) is 14.7 Å². The quantitative estimate of drug-likeness (QED) is 0.200. The molecule has 0 aromatic heterocycles. The van der Waals surface area contributed by atoms with E-state index < -0.39 is 12.1 Å². The Hall–Kier alpha value is -3.76. The highest BCUT2D eigenvalue weighted by Gasteiger charge is 2.57. The number of hydrogen-bond donors (Lipinski definition) is 2. The van der Waals surface area contributed by atoms with Gasteiger partial charge in [-0.15, -0.1) is 0 Å². The highest BCUT2D eigenvalue weighted by molar-refractivity contribution is 5.93. The van der Waals surface area contributed by atoms with E-state index in [1.165, 1.54) is 6.42 Å². The zero-order valence-corrected chi connectivity index (χ0v) is 35.4. The van der Waals surface area contributed by atoms with Crippen molar-refractivity contribution in [3.05, 3.63) is 100 Å². The summed E-state index contributed by atoms with van der Waals surface area (Å²) in [6.45, 7) is 14.0. The molecule has 304 valence electrons. The lowest BCUT2D eigenvalue weighted by molar-refractivity contribution is -0.177. The van der Waals surface area contributed by atoms with E-state index in [4.69, 9.17) is 9.57 Å². The summed E-state index contributed by atoms with van der Waals surface area (Å²) in [6.07, 6.45) is 8.77. The SMILES string of the molecule is CCC1ON(Cc2cccc(C3=CC=C(N(C)C)C=C(C(=O)OC(Cc4ccccc4)CN(C)C)C3)c2C)[C@H](C(=O)N[C@H]2C[C@H]3C[C@@H]([C@@H]2C)C3(C)C)[C@H]1[C@H](C)O. The molecule has 2 aromatic rings. The molecular formula is C47H66N4O5. The Morgan fingerprint density at radius 2 is 1.79 bits per heavy atom. The molecule has 2 aromatic carbocycles. The number of nitrogens with zero attached hydrogens (tertiary/aromatic N) is 3. The van der Waals surface area contributed by atoms with Crippen LogP contribution in [0.1, 0.15) is 82.6 Å². The van der Waals surface area contributed by atoms with Gasteiger partial charge in [0.25, 0.3) is 0 Å². The Labute approximate surface area is 335 Å². The number of aliphatic hydroxyl groups is 1. The van der Waals surface area contributed by atoms with Crippen LogP contribution < -0.4 is 5.32 Å². The molecule has 9 heteroatoms. The number of amides is 1. The van der Waals surface area contributed by atoms with E-state index in [0.29, 0.717) is 61.1 Å². The van der Waals surface area contributed by atoms with Crippen molar-refractivity contribution in [3.8, 4) is 0 Å². The monoisotopic (exact) mass is 767 g/mol. The average molecular weight is 767 g/mol. The van der Waals surface area contributed by atoms with E-state index in [1.54, 1.807) is 6.92 Å². The van der Waals surface area contributed by atoms with Crippen molar-refractivity contribution in [2.45, 2.75) is 111 Å². The van der Waals surface area contributed by atoms with E-state index >= 15 is 0 Å². The number of hydrogen-bond acceptors (Lipinski definition) is 8. The smallest absolute Gasteiger partial charge is 0.334 e. The van der Waals surface area contributed by atoms with Gasteiger partial charge in [0.1, 0.15) is 12.1 Å². The fourth-order valence-corrected chi connectivity index (χ4v) is 10.0. The zero-order valence-electron chi connectivity index (χ0n) is 35.4.